The Labute approximate surface area is 237 Å². The van der Waals surface area contributed by atoms with E-state index in [1.807, 2.05) is 6.07 Å². The molecular weight excluding hydrogens is 516 g/mol. The summed E-state index contributed by atoms with van der Waals surface area (Å²) in [4.78, 5) is 58.9. The van der Waals surface area contributed by atoms with Crippen molar-refractivity contribution in [2.75, 3.05) is 9.80 Å². The number of nitrogens with zero attached hydrogens (tertiary/aromatic N) is 2. The number of ketones is 1. The fourth-order valence-corrected chi connectivity index (χ4v) is 6.17. The quantitative estimate of drug-likeness (QED) is 0.255. The van der Waals surface area contributed by atoms with Crippen LogP contribution in [0.3, 0.4) is 0 Å². The molecule has 0 aromatic heterocycles. The summed E-state index contributed by atoms with van der Waals surface area (Å²) >= 11 is 0. The van der Waals surface area contributed by atoms with Gasteiger partial charge >= 0.3 is 6.03 Å². The maximum absolute atomic E-state index is 14.4. The number of imide groups is 2. The number of Topliss-reactive ketones (excluding diaryl/α,β-unsaturated/α-hetero) is 1. The summed E-state index contributed by atoms with van der Waals surface area (Å²) in [6.07, 6.45) is -0.338. The van der Waals surface area contributed by atoms with Crippen molar-refractivity contribution in [2.45, 2.75) is 24.9 Å². The first-order valence-electron chi connectivity index (χ1n) is 13.6. The summed E-state index contributed by atoms with van der Waals surface area (Å²) in [7, 11) is 0. The number of hydrogen-bond donors (Lipinski definition) is 1. The average Bonchev–Trinajstić information content (AvgIpc) is 3.02. The molecular formula is C34H28N2O5. The second kappa shape index (κ2) is 10.3. The minimum atomic E-state index is -1.75. The van der Waals surface area contributed by atoms with E-state index >= 15 is 0 Å². The fraction of sp³-hybridized carbons (Fsp3) is 0.176. The molecule has 4 amide bonds. The standard InChI is InChI=1S/C34H28N2O5/c37-29(24-13-5-1-6-14-24)28-23-33(21-22-34(28,41)25-15-7-2-8-16-25)30(38)35(26-17-9-3-10-18-26)32(40)36(31(33)39)27-19-11-4-12-20-27/h1-20,28,41H,21-23H2. The number of para-hydroxylation sites is 2. The van der Waals surface area contributed by atoms with Gasteiger partial charge < -0.3 is 5.11 Å². The number of hydrogen-bond acceptors (Lipinski definition) is 5. The summed E-state index contributed by atoms with van der Waals surface area (Å²) in [5.41, 5.74) is -1.83. The highest BCUT2D eigenvalue weighted by Crippen LogP contribution is 2.54. The largest absolute Gasteiger partial charge is 0.384 e. The molecule has 0 radical (unpaired) electrons. The van der Waals surface area contributed by atoms with Crippen LogP contribution in [0.25, 0.3) is 0 Å². The predicted molar refractivity (Wildman–Crippen MR) is 154 cm³/mol. The van der Waals surface area contributed by atoms with Gasteiger partial charge in [0.05, 0.1) is 22.9 Å². The Morgan fingerprint density at radius 2 is 1.07 bits per heavy atom. The third-order valence-corrected chi connectivity index (χ3v) is 8.35. The van der Waals surface area contributed by atoms with E-state index in [-0.39, 0.29) is 25.0 Å². The number of anilines is 2. The summed E-state index contributed by atoms with van der Waals surface area (Å²) in [5, 5.41) is 12.2. The molecule has 1 saturated carbocycles. The molecule has 1 saturated heterocycles. The van der Waals surface area contributed by atoms with Crippen molar-refractivity contribution in [3.63, 3.8) is 0 Å². The zero-order chi connectivity index (χ0) is 28.6. The lowest BCUT2D eigenvalue weighted by molar-refractivity contribution is -0.151. The van der Waals surface area contributed by atoms with Crippen LogP contribution in [-0.2, 0) is 15.2 Å². The van der Waals surface area contributed by atoms with Gasteiger partial charge in [0.25, 0.3) is 11.8 Å². The van der Waals surface area contributed by atoms with Gasteiger partial charge in [0.15, 0.2) is 5.78 Å². The van der Waals surface area contributed by atoms with E-state index in [1.165, 1.54) is 0 Å². The molecule has 1 spiro atoms. The van der Waals surface area contributed by atoms with Gasteiger partial charge in [-0.1, -0.05) is 97.1 Å². The Balaban J connectivity index is 1.52. The predicted octanol–water partition coefficient (Wildman–Crippen LogP) is 5.74. The lowest BCUT2D eigenvalue weighted by atomic mass is 9.58. The van der Waals surface area contributed by atoms with Gasteiger partial charge in [0, 0.05) is 5.56 Å². The second-order valence-corrected chi connectivity index (χ2v) is 10.6. The molecule has 1 N–H and O–H groups in total. The Hall–Kier alpha value is -4.88. The monoisotopic (exact) mass is 544 g/mol. The molecule has 2 atom stereocenters. The number of barbiturate groups is 1. The molecule has 204 valence electrons. The number of urea groups is 1. The smallest absolute Gasteiger partial charge is 0.342 e. The lowest BCUT2D eigenvalue weighted by Crippen LogP contribution is -2.68. The third kappa shape index (κ3) is 4.26. The molecule has 41 heavy (non-hydrogen) atoms. The number of carbonyl (C=O) groups excluding carboxylic acids is 4. The Kier molecular flexibility index (Phi) is 6.59. The molecule has 4 aromatic rings. The van der Waals surface area contributed by atoms with E-state index in [0.717, 1.165) is 9.80 Å². The summed E-state index contributed by atoms with van der Waals surface area (Å²) in [6.45, 7) is 0. The number of benzene rings is 4. The Morgan fingerprint density at radius 1 is 0.634 bits per heavy atom. The van der Waals surface area contributed by atoms with Crippen LogP contribution in [0, 0.1) is 11.3 Å². The number of carbonyl (C=O) groups is 4. The van der Waals surface area contributed by atoms with Crippen molar-refractivity contribution < 1.29 is 24.3 Å². The molecule has 1 aliphatic heterocycles. The summed E-state index contributed by atoms with van der Waals surface area (Å²) in [5.74, 6) is -2.87. The van der Waals surface area contributed by atoms with E-state index in [0.29, 0.717) is 22.5 Å². The van der Waals surface area contributed by atoms with E-state index < -0.39 is 34.8 Å². The molecule has 7 nitrogen and oxygen atoms in total. The van der Waals surface area contributed by atoms with Crippen LogP contribution in [0.4, 0.5) is 16.2 Å². The van der Waals surface area contributed by atoms with Gasteiger partial charge in [-0.2, -0.15) is 0 Å². The molecule has 7 heteroatoms. The van der Waals surface area contributed by atoms with Gasteiger partial charge in [-0.15, -0.1) is 0 Å². The van der Waals surface area contributed by atoms with Crippen LogP contribution >= 0.6 is 0 Å². The number of rotatable bonds is 5. The molecule has 1 heterocycles. The first kappa shape index (κ1) is 26.3. The van der Waals surface area contributed by atoms with E-state index in [9.17, 15) is 24.3 Å². The Morgan fingerprint density at radius 3 is 1.56 bits per heavy atom. The van der Waals surface area contributed by atoms with Gasteiger partial charge in [0.1, 0.15) is 5.41 Å². The van der Waals surface area contributed by atoms with Gasteiger partial charge in [0.2, 0.25) is 0 Å². The van der Waals surface area contributed by atoms with Gasteiger partial charge in [-0.25, -0.2) is 14.6 Å². The molecule has 2 fully saturated rings. The molecule has 6 rings (SSSR count). The molecule has 1 aliphatic carbocycles. The highest BCUT2D eigenvalue weighted by atomic mass is 16.3. The topological polar surface area (TPSA) is 95.0 Å². The molecule has 0 bridgehead atoms. The van der Waals surface area contributed by atoms with Gasteiger partial charge in [-0.05, 0) is 49.1 Å². The maximum Gasteiger partial charge on any atom is 0.342 e. The fourth-order valence-electron chi connectivity index (χ4n) is 6.17. The molecule has 2 unspecified atom stereocenters. The Bertz CT molecular complexity index is 1550. The van der Waals surface area contributed by atoms with Crippen molar-refractivity contribution in [1.82, 2.24) is 0 Å². The zero-order valence-corrected chi connectivity index (χ0v) is 22.2. The van der Waals surface area contributed by atoms with E-state index in [2.05, 4.69) is 0 Å². The van der Waals surface area contributed by atoms with Crippen molar-refractivity contribution in [2.24, 2.45) is 11.3 Å². The molecule has 4 aromatic carbocycles. The van der Waals surface area contributed by atoms with Crippen LogP contribution < -0.4 is 9.80 Å². The van der Waals surface area contributed by atoms with E-state index in [1.54, 1.807) is 115 Å². The highest BCUT2D eigenvalue weighted by molar-refractivity contribution is 6.38. The SMILES string of the molecule is O=C(c1ccccc1)C1CC2(CCC1(O)c1ccccc1)C(=O)N(c1ccccc1)C(=O)N(c1ccccc1)C2=O. The normalized spacial score (nSPS) is 22.2. The van der Waals surface area contributed by atoms with Crippen molar-refractivity contribution in [3.05, 3.63) is 132 Å². The van der Waals surface area contributed by atoms with Crippen LogP contribution in [0.5, 0.6) is 0 Å². The maximum atomic E-state index is 14.4. The third-order valence-electron chi connectivity index (χ3n) is 8.35. The molecule has 2 aliphatic rings. The second-order valence-electron chi connectivity index (χ2n) is 10.6. The van der Waals surface area contributed by atoms with Crippen LogP contribution in [0.2, 0.25) is 0 Å². The summed E-state index contributed by atoms with van der Waals surface area (Å²) < 4.78 is 0. The average molecular weight is 545 g/mol. The van der Waals surface area contributed by atoms with Crippen molar-refractivity contribution >= 4 is 35.0 Å². The van der Waals surface area contributed by atoms with Crippen molar-refractivity contribution in [1.29, 1.82) is 0 Å². The highest BCUT2D eigenvalue weighted by Gasteiger charge is 2.64. The summed E-state index contributed by atoms with van der Waals surface area (Å²) in [6, 6.07) is 33.6. The minimum absolute atomic E-state index is 0.0306. The number of aliphatic hydroxyl groups is 1. The van der Waals surface area contributed by atoms with E-state index in [4.69, 9.17) is 0 Å². The number of amides is 4. The van der Waals surface area contributed by atoms with Gasteiger partial charge in [-0.3, -0.25) is 14.4 Å². The minimum Gasteiger partial charge on any atom is -0.384 e. The first-order chi connectivity index (χ1) is 19.9. The first-order valence-corrected chi connectivity index (χ1v) is 13.6. The van der Waals surface area contributed by atoms with Crippen molar-refractivity contribution in [3.8, 4) is 0 Å². The van der Waals surface area contributed by atoms with Crippen LogP contribution in [-0.4, -0.2) is 28.7 Å². The zero-order valence-electron chi connectivity index (χ0n) is 22.2. The van der Waals surface area contributed by atoms with Crippen LogP contribution in [0.1, 0.15) is 35.2 Å². The van der Waals surface area contributed by atoms with Crippen LogP contribution in [0.15, 0.2) is 121 Å². The lowest BCUT2D eigenvalue weighted by Gasteiger charge is -2.51.